The van der Waals surface area contributed by atoms with Crippen molar-refractivity contribution in [3.05, 3.63) is 0 Å². The third kappa shape index (κ3) is 14.1. The lowest BCUT2D eigenvalue weighted by Crippen LogP contribution is -2.25. The fourth-order valence-electron chi connectivity index (χ4n) is 2.20. The number of nitrogens with one attached hydrogen (secondary N) is 1. The molecule has 0 aliphatic carbocycles. The van der Waals surface area contributed by atoms with Crippen molar-refractivity contribution in [3.63, 3.8) is 0 Å². The van der Waals surface area contributed by atoms with Gasteiger partial charge < -0.3 is 11.1 Å². The fraction of sp³-hybridized carbons (Fsp3) is 1.00. The van der Waals surface area contributed by atoms with Crippen molar-refractivity contribution in [1.29, 1.82) is 0 Å². The van der Waals surface area contributed by atoms with E-state index >= 15 is 0 Å². The fourth-order valence-corrected chi connectivity index (χ4v) is 2.20. The molecule has 1 unspecified atom stereocenters. The van der Waals surface area contributed by atoms with Crippen molar-refractivity contribution in [3.8, 4) is 0 Å². The molecule has 2 heteroatoms. The highest BCUT2D eigenvalue weighted by molar-refractivity contribution is 4.60. The summed E-state index contributed by atoms with van der Waals surface area (Å²) >= 11 is 0. The number of hydrogen-bond acceptors (Lipinski definition) is 2. The third-order valence-corrected chi connectivity index (χ3v) is 4.16. The van der Waals surface area contributed by atoms with Crippen molar-refractivity contribution in [2.45, 2.75) is 78.6 Å². The zero-order valence-corrected chi connectivity index (χ0v) is 13.7. The highest BCUT2D eigenvalue weighted by atomic mass is 14.8. The minimum atomic E-state index is 0.798. The smallest absolute Gasteiger partial charge is 0.00207 e. The Balaban J connectivity index is 3.03. The molecule has 0 aromatic rings. The minimum Gasteiger partial charge on any atom is -0.330 e. The first-order valence-electron chi connectivity index (χ1n) is 8.59. The molecule has 0 aromatic heterocycles. The summed E-state index contributed by atoms with van der Waals surface area (Å²) in [6, 6.07) is 0. The van der Waals surface area contributed by atoms with Crippen molar-refractivity contribution in [1.82, 2.24) is 5.32 Å². The summed E-state index contributed by atoms with van der Waals surface area (Å²) in [4.78, 5) is 0. The van der Waals surface area contributed by atoms with Gasteiger partial charge in [0.05, 0.1) is 0 Å². The van der Waals surface area contributed by atoms with Gasteiger partial charge in [0.2, 0.25) is 0 Å². The van der Waals surface area contributed by atoms with Gasteiger partial charge in [0.25, 0.3) is 0 Å². The molecular formula is C17H38N2. The van der Waals surface area contributed by atoms with E-state index in [2.05, 4.69) is 26.1 Å². The van der Waals surface area contributed by atoms with Crippen LogP contribution in [0.1, 0.15) is 78.6 Å². The van der Waals surface area contributed by atoms with E-state index in [4.69, 9.17) is 5.73 Å². The predicted molar refractivity (Wildman–Crippen MR) is 87.5 cm³/mol. The van der Waals surface area contributed by atoms with E-state index in [1.165, 1.54) is 70.9 Å². The number of unbranched alkanes of at least 4 members (excludes halogenated alkanes) is 8. The summed E-state index contributed by atoms with van der Waals surface area (Å²) in [5.41, 5.74) is 5.48. The molecule has 0 bridgehead atoms. The first kappa shape index (κ1) is 18.9. The van der Waals surface area contributed by atoms with Gasteiger partial charge in [-0.3, -0.25) is 0 Å². The van der Waals surface area contributed by atoms with Crippen molar-refractivity contribution >= 4 is 0 Å². The molecule has 0 heterocycles. The second kappa shape index (κ2) is 14.3. The van der Waals surface area contributed by atoms with Crippen LogP contribution in [0.3, 0.4) is 0 Å². The number of nitrogens with two attached hydrogens (primary N) is 1. The largest absolute Gasteiger partial charge is 0.330 e. The summed E-state index contributed by atoms with van der Waals surface area (Å²) in [6.07, 6.45) is 12.3. The van der Waals surface area contributed by atoms with Crippen molar-refractivity contribution in [2.24, 2.45) is 17.6 Å². The molecule has 0 amide bonds. The van der Waals surface area contributed by atoms with E-state index in [0.717, 1.165) is 18.4 Å². The molecule has 0 fully saturated rings. The quantitative estimate of drug-likeness (QED) is 0.461. The van der Waals surface area contributed by atoms with Gasteiger partial charge in [-0.05, 0) is 44.3 Å². The van der Waals surface area contributed by atoms with Crippen LogP contribution in [-0.2, 0) is 0 Å². The van der Waals surface area contributed by atoms with Gasteiger partial charge >= 0.3 is 0 Å². The zero-order valence-electron chi connectivity index (χ0n) is 13.7. The lowest BCUT2D eigenvalue weighted by molar-refractivity contribution is 0.390. The van der Waals surface area contributed by atoms with Crippen LogP contribution in [0.2, 0.25) is 0 Å². The second-order valence-corrected chi connectivity index (χ2v) is 6.40. The summed E-state index contributed by atoms with van der Waals surface area (Å²) < 4.78 is 0. The maximum absolute atomic E-state index is 5.48. The summed E-state index contributed by atoms with van der Waals surface area (Å²) in [5, 5.41) is 3.58. The van der Waals surface area contributed by atoms with Crippen LogP contribution in [0.15, 0.2) is 0 Å². The summed E-state index contributed by atoms with van der Waals surface area (Å²) in [6.45, 7) is 10.2. The van der Waals surface area contributed by atoms with E-state index in [1.54, 1.807) is 0 Å². The van der Waals surface area contributed by atoms with Gasteiger partial charge in [-0.15, -0.1) is 0 Å². The molecule has 0 aliphatic rings. The molecule has 0 saturated carbocycles. The molecule has 0 saturated heterocycles. The van der Waals surface area contributed by atoms with E-state index in [1.807, 2.05) is 0 Å². The predicted octanol–water partition coefficient (Wildman–Crippen LogP) is 4.34. The second-order valence-electron chi connectivity index (χ2n) is 6.40. The first-order chi connectivity index (χ1) is 9.18. The average molecular weight is 271 g/mol. The Bertz CT molecular complexity index is 169. The van der Waals surface area contributed by atoms with E-state index < -0.39 is 0 Å². The average Bonchev–Trinajstić information content (AvgIpc) is 2.39. The topological polar surface area (TPSA) is 38.0 Å². The van der Waals surface area contributed by atoms with Crippen LogP contribution in [-0.4, -0.2) is 19.6 Å². The lowest BCUT2D eigenvalue weighted by Gasteiger charge is -2.15. The maximum Gasteiger partial charge on any atom is -0.00207 e. The van der Waals surface area contributed by atoms with Gasteiger partial charge in [-0.2, -0.15) is 0 Å². The molecule has 0 radical (unpaired) electrons. The van der Waals surface area contributed by atoms with Gasteiger partial charge in [-0.25, -0.2) is 0 Å². The summed E-state index contributed by atoms with van der Waals surface area (Å²) in [5.74, 6) is 1.60. The van der Waals surface area contributed by atoms with Gasteiger partial charge in [0.1, 0.15) is 0 Å². The molecule has 0 aliphatic heterocycles. The lowest BCUT2D eigenvalue weighted by atomic mass is 9.98. The van der Waals surface area contributed by atoms with Crippen LogP contribution in [0.25, 0.3) is 0 Å². The van der Waals surface area contributed by atoms with Crippen LogP contribution in [0, 0.1) is 11.8 Å². The Labute approximate surface area is 121 Å². The molecule has 1 atom stereocenters. The normalized spacial score (nSPS) is 13.1. The van der Waals surface area contributed by atoms with Crippen LogP contribution >= 0.6 is 0 Å². The Kier molecular flexibility index (Phi) is 14.3. The van der Waals surface area contributed by atoms with Crippen LogP contribution < -0.4 is 11.1 Å². The molecular weight excluding hydrogens is 232 g/mol. The molecule has 0 aromatic carbocycles. The van der Waals surface area contributed by atoms with Gasteiger partial charge in [-0.1, -0.05) is 65.7 Å². The molecule has 0 rings (SSSR count). The molecule has 116 valence electrons. The first-order valence-corrected chi connectivity index (χ1v) is 8.59. The Morgan fingerprint density at radius 3 is 1.68 bits per heavy atom. The minimum absolute atomic E-state index is 0.798. The molecule has 2 nitrogen and oxygen atoms in total. The van der Waals surface area contributed by atoms with Crippen molar-refractivity contribution in [2.75, 3.05) is 19.6 Å². The van der Waals surface area contributed by atoms with E-state index in [0.29, 0.717) is 0 Å². The summed E-state index contributed by atoms with van der Waals surface area (Å²) in [7, 11) is 0. The van der Waals surface area contributed by atoms with Gasteiger partial charge in [0, 0.05) is 0 Å². The Morgan fingerprint density at radius 2 is 1.21 bits per heavy atom. The monoisotopic (exact) mass is 270 g/mol. The SMILES string of the molecule is CC(C)C(C)CNCCCCCCCCCCCN. The number of hydrogen-bond donors (Lipinski definition) is 2. The molecule has 0 spiro atoms. The molecule has 3 N–H and O–H groups in total. The standard InChI is InChI=1S/C17H38N2/c1-16(2)17(3)15-19-14-12-10-8-6-4-5-7-9-11-13-18/h16-17,19H,4-15,18H2,1-3H3. The maximum atomic E-state index is 5.48. The van der Waals surface area contributed by atoms with E-state index in [-0.39, 0.29) is 0 Å². The van der Waals surface area contributed by atoms with Crippen LogP contribution in [0.5, 0.6) is 0 Å². The molecule has 19 heavy (non-hydrogen) atoms. The number of rotatable bonds is 14. The van der Waals surface area contributed by atoms with E-state index in [9.17, 15) is 0 Å². The zero-order chi connectivity index (χ0) is 14.3. The van der Waals surface area contributed by atoms with Gasteiger partial charge in [0.15, 0.2) is 0 Å². The highest BCUT2D eigenvalue weighted by Gasteiger charge is 2.05. The van der Waals surface area contributed by atoms with Crippen molar-refractivity contribution < 1.29 is 0 Å². The Morgan fingerprint density at radius 1 is 0.737 bits per heavy atom. The highest BCUT2D eigenvalue weighted by Crippen LogP contribution is 2.10. The van der Waals surface area contributed by atoms with Crippen LogP contribution in [0.4, 0.5) is 0 Å². The Hall–Kier alpha value is -0.0800. The third-order valence-electron chi connectivity index (χ3n) is 4.16.